The molecule has 0 radical (unpaired) electrons. The third kappa shape index (κ3) is 7.17. The van der Waals surface area contributed by atoms with Gasteiger partial charge in [-0.3, -0.25) is 14.5 Å². The Hall–Kier alpha value is -4.31. The van der Waals surface area contributed by atoms with Gasteiger partial charge >= 0.3 is 5.97 Å². The van der Waals surface area contributed by atoms with Crippen LogP contribution in [0.3, 0.4) is 0 Å². The summed E-state index contributed by atoms with van der Waals surface area (Å²) < 4.78 is 15.4. The fraction of sp³-hybridized carbons (Fsp3) is 0.241. The molecule has 0 unspecified atom stereocenters. The quantitative estimate of drug-likeness (QED) is 0.355. The lowest BCUT2D eigenvalue weighted by Crippen LogP contribution is -2.33. The molecule has 3 aromatic rings. The number of amides is 2. The van der Waals surface area contributed by atoms with Gasteiger partial charge in [-0.25, -0.2) is 9.79 Å². The molecule has 0 bridgehead atoms. The smallest absolute Gasteiger partial charge is 0.338 e. The van der Waals surface area contributed by atoms with E-state index in [4.69, 9.17) is 19.2 Å². The molecule has 1 atom stereocenters. The SMILES string of the molecule is CCOC(=O)c1ccc(NC(=O)C[C@@H]2SC(=Nc3ccc(OC)cc3)N(Cc3ccc(OC)cc3)C2=O)cc1. The van der Waals surface area contributed by atoms with Crippen molar-refractivity contribution in [3.05, 3.63) is 83.9 Å². The fourth-order valence-corrected chi connectivity index (χ4v) is 4.99. The zero-order valence-corrected chi connectivity index (χ0v) is 22.7. The number of carbonyl (C=O) groups excluding carboxylic acids is 3. The van der Waals surface area contributed by atoms with E-state index in [0.29, 0.717) is 34.4 Å². The first-order chi connectivity index (χ1) is 18.9. The topological polar surface area (TPSA) is 107 Å². The Morgan fingerprint density at radius 2 is 1.54 bits per heavy atom. The van der Waals surface area contributed by atoms with E-state index in [1.807, 2.05) is 36.4 Å². The Labute approximate surface area is 231 Å². The van der Waals surface area contributed by atoms with E-state index in [1.54, 1.807) is 62.4 Å². The molecule has 10 heteroatoms. The van der Waals surface area contributed by atoms with E-state index in [2.05, 4.69) is 5.32 Å². The normalized spacial score (nSPS) is 15.8. The molecule has 0 aliphatic carbocycles. The molecule has 2 amide bonds. The number of ether oxygens (including phenoxy) is 3. The van der Waals surface area contributed by atoms with Crippen molar-refractivity contribution in [2.24, 2.45) is 4.99 Å². The summed E-state index contributed by atoms with van der Waals surface area (Å²) in [5, 5.41) is 2.67. The van der Waals surface area contributed by atoms with Crippen LogP contribution in [0.4, 0.5) is 11.4 Å². The highest BCUT2D eigenvalue weighted by atomic mass is 32.2. The average molecular weight is 548 g/mol. The number of methoxy groups -OCH3 is 2. The molecule has 0 saturated carbocycles. The molecule has 9 nitrogen and oxygen atoms in total. The van der Waals surface area contributed by atoms with E-state index in [-0.39, 0.29) is 24.8 Å². The molecule has 4 rings (SSSR count). The molecule has 0 spiro atoms. The summed E-state index contributed by atoms with van der Waals surface area (Å²) >= 11 is 1.26. The van der Waals surface area contributed by atoms with E-state index < -0.39 is 11.2 Å². The van der Waals surface area contributed by atoms with Crippen LogP contribution in [0.1, 0.15) is 29.3 Å². The largest absolute Gasteiger partial charge is 0.497 e. The summed E-state index contributed by atoms with van der Waals surface area (Å²) in [5.41, 5.74) is 2.48. The van der Waals surface area contributed by atoms with Gasteiger partial charge in [-0.1, -0.05) is 23.9 Å². The van der Waals surface area contributed by atoms with Gasteiger partial charge < -0.3 is 19.5 Å². The second-order valence-electron chi connectivity index (χ2n) is 8.52. The Kier molecular flexibility index (Phi) is 9.22. The van der Waals surface area contributed by atoms with Crippen LogP contribution in [0.2, 0.25) is 0 Å². The average Bonchev–Trinajstić information content (AvgIpc) is 3.23. The lowest BCUT2D eigenvalue weighted by molar-refractivity contribution is -0.128. The van der Waals surface area contributed by atoms with E-state index >= 15 is 0 Å². The van der Waals surface area contributed by atoms with Crippen LogP contribution in [0.15, 0.2) is 77.8 Å². The van der Waals surface area contributed by atoms with Crippen LogP contribution in [0.25, 0.3) is 0 Å². The van der Waals surface area contributed by atoms with Gasteiger partial charge in [-0.2, -0.15) is 0 Å². The number of aliphatic imine (C=N–C) groups is 1. The highest BCUT2D eigenvalue weighted by Gasteiger charge is 2.39. The zero-order chi connectivity index (χ0) is 27.8. The molecule has 1 aliphatic heterocycles. The maximum absolute atomic E-state index is 13.5. The van der Waals surface area contributed by atoms with Gasteiger partial charge in [0.05, 0.1) is 38.6 Å². The lowest BCUT2D eigenvalue weighted by Gasteiger charge is -2.17. The lowest BCUT2D eigenvalue weighted by atomic mass is 10.2. The van der Waals surface area contributed by atoms with Crippen LogP contribution in [-0.4, -0.2) is 53.9 Å². The van der Waals surface area contributed by atoms with Crippen LogP contribution in [0.5, 0.6) is 11.5 Å². The zero-order valence-electron chi connectivity index (χ0n) is 21.9. The molecule has 0 aromatic heterocycles. The van der Waals surface area contributed by atoms with Crippen molar-refractivity contribution in [2.75, 3.05) is 26.1 Å². The molecule has 1 aliphatic rings. The minimum absolute atomic E-state index is 0.0378. The molecule has 202 valence electrons. The minimum Gasteiger partial charge on any atom is -0.497 e. The molecule has 1 N–H and O–H groups in total. The standard InChI is InChI=1S/C29H29N3O6S/c1-4-38-28(35)20-7-9-21(10-8-20)30-26(33)17-25-27(34)32(18-19-5-13-23(36-2)14-6-19)29(39-25)31-22-11-15-24(37-3)16-12-22/h5-16,25H,4,17-18H2,1-3H3,(H,30,33)/t25-/m0/s1. The number of carbonyl (C=O) groups is 3. The molecule has 39 heavy (non-hydrogen) atoms. The number of thioether (sulfide) groups is 1. The van der Waals surface area contributed by atoms with Crippen molar-refractivity contribution >= 4 is 46.1 Å². The van der Waals surface area contributed by atoms with Gasteiger partial charge in [-0.05, 0) is 73.2 Å². The van der Waals surface area contributed by atoms with Gasteiger partial charge in [0, 0.05) is 12.1 Å². The molecule has 1 heterocycles. The van der Waals surface area contributed by atoms with Crippen molar-refractivity contribution in [1.82, 2.24) is 4.90 Å². The molecular weight excluding hydrogens is 518 g/mol. The van der Waals surface area contributed by atoms with Crippen molar-refractivity contribution < 1.29 is 28.6 Å². The Morgan fingerprint density at radius 1 is 0.923 bits per heavy atom. The van der Waals surface area contributed by atoms with Gasteiger partial charge in [0.15, 0.2) is 5.17 Å². The monoisotopic (exact) mass is 547 g/mol. The first-order valence-electron chi connectivity index (χ1n) is 12.3. The Balaban J connectivity index is 1.49. The summed E-state index contributed by atoms with van der Waals surface area (Å²) in [4.78, 5) is 44.5. The summed E-state index contributed by atoms with van der Waals surface area (Å²) in [6.07, 6.45) is -0.0378. The second kappa shape index (κ2) is 13.0. The third-order valence-electron chi connectivity index (χ3n) is 5.87. The number of hydrogen-bond donors (Lipinski definition) is 1. The van der Waals surface area contributed by atoms with Crippen LogP contribution in [0, 0.1) is 0 Å². The van der Waals surface area contributed by atoms with E-state index in [9.17, 15) is 14.4 Å². The van der Waals surface area contributed by atoms with E-state index in [0.717, 1.165) is 11.3 Å². The molecule has 3 aromatic carbocycles. The maximum Gasteiger partial charge on any atom is 0.338 e. The summed E-state index contributed by atoms with van der Waals surface area (Å²) in [7, 11) is 3.19. The number of rotatable bonds is 10. The number of amidine groups is 1. The van der Waals surface area contributed by atoms with Crippen molar-refractivity contribution in [1.29, 1.82) is 0 Å². The van der Waals surface area contributed by atoms with Gasteiger partial charge in [0.25, 0.3) is 0 Å². The van der Waals surface area contributed by atoms with Gasteiger partial charge in [0.2, 0.25) is 11.8 Å². The molecule has 1 saturated heterocycles. The van der Waals surface area contributed by atoms with Gasteiger partial charge in [-0.15, -0.1) is 0 Å². The van der Waals surface area contributed by atoms with E-state index in [1.165, 1.54) is 11.8 Å². The molecule has 1 fully saturated rings. The fourth-order valence-electron chi connectivity index (χ4n) is 3.84. The van der Waals surface area contributed by atoms with Gasteiger partial charge in [0.1, 0.15) is 16.7 Å². The maximum atomic E-state index is 13.5. The first-order valence-corrected chi connectivity index (χ1v) is 13.2. The Morgan fingerprint density at radius 3 is 2.13 bits per heavy atom. The summed E-state index contributed by atoms with van der Waals surface area (Å²) in [5.74, 6) is 0.478. The number of esters is 1. The highest BCUT2D eigenvalue weighted by molar-refractivity contribution is 8.15. The number of nitrogens with one attached hydrogen (secondary N) is 1. The Bertz CT molecular complexity index is 1340. The summed E-state index contributed by atoms with van der Waals surface area (Å²) in [6, 6.07) is 21.1. The van der Waals surface area contributed by atoms with Crippen LogP contribution in [-0.2, 0) is 20.9 Å². The van der Waals surface area contributed by atoms with Crippen molar-refractivity contribution in [2.45, 2.75) is 25.1 Å². The predicted molar refractivity (Wildman–Crippen MR) is 151 cm³/mol. The number of benzene rings is 3. The highest BCUT2D eigenvalue weighted by Crippen LogP contribution is 2.33. The van der Waals surface area contributed by atoms with Crippen molar-refractivity contribution in [3.8, 4) is 11.5 Å². The molecular formula is C29H29N3O6S. The van der Waals surface area contributed by atoms with Crippen LogP contribution < -0.4 is 14.8 Å². The number of nitrogens with zero attached hydrogens (tertiary/aromatic N) is 2. The summed E-state index contributed by atoms with van der Waals surface area (Å²) in [6.45, 7) is 2.32. The minimum atomic E-state index is -0.640. The van der Waals surface area contributed by atoms with Crippen molar-refractivity contribution in [3.63, 3.8) is 0 Å². The van der Waals surface area contributed by atoms with Crippen LogP contribution >= 0.6 is 11.8 Å². The first kappa shape index (κ1) is 27.7. The predicted octanol–water partition coefficient (Wildman–Crippen LogP) is 5.04. The second-order valence-corrected chi connectivity index (χ2v) is 9.69. The number of hydrogen-bond acceptors (Lipinski definition) is 8. The third-order valence-corrected chi connectivity index (χ3v) is 7.04. The number of anilines is 1.